The Labute approximate surface area is 115 Å². The molecule has 1 rings (SSSR count). The molecule has 0 aliphatic rings. The van der Waals surface area contributed by atoms with E-state index in [-0.39, 0.29) is 18.4 Å². The van der Waals surface area contributed by atoms with E-state index >= 15 is 0 Å². The van der Waals surface area contributed by atoms with Crippen LogP contribution in [0.25, 0.3) is 0 Å². The normalized spacial score (nSPS) is 11.6. The van der Waals surface area contributed by atoms with Crippen LogP contribution < -0.4 is 5.32 Å². The fourth-order valence-electron chi connectivity index (χ4n) is 1.93. The Morgan fingerprint density at radius 1 is 1.32 bits per heavy atom. The van der Waals surface area contributed by atoms with Crippen LogP contribution in [0.5, 0.6) is 0 Å². The van der Waals surface area contributed by atoms with Gasteiger partial charge in [-0.25, -0.2) is 0 Å². The predicted octanol–water partition coefficient (Wildman–Crippen LogP) is 1.75. The molecule has 0 heterocycles. The lowest BCUT2D eigenvalue weighted by molar-refractivity contribution is -0.129. The van der Waals surface area contributed by atoms with Crippen LogP contribution in [0.1, 0.15) is 25.3 Å². The first kappa shape index (κ1) is 15.2. The zero-order chi connectivity index (χ0) is 14.1. The lowest BCUT2D eigenvalue weighted by Gasteiger charge is -2.19. The van der Waals surface area contributed by atoms with Crippen LogP contribution in [0.4, 0.5) is 0 Å². The second kappa shape index (κ2) is 8.28. The lowest BCUT2D eigenvalue weighted by Crippen LogP contribution is -2.38. The summed E-state index contributed by atoms with van der Waals surface area (Å²) in [4.78, 5) is 13.6. The van der Waals surface area contributed by atoms with E-state index in [2.05, 4.69) is 11.4 Å². The van der Waals surface area contributed by atoms with E-state index in [1.807, 2.05) is 44.2 Å². The third-order valence-corrected chi connectivity index (χ3v) is 3.10. The first-order valence-corrected chi connectivity index (χ1v) is 6.65. The predicted molar refractivity (Wildman–Crippen MR) is 75.6 cm³/mol. The number of nitriles is 1. The van der Waals surface area contributed by atoms with Gasteiger partial charge in [0, 0.05) is 19.6 Å². The van der Waals surface area contributed by atoms with Crippen molar-refractivity contribution >= 4 is 5.91 Å². The van der Waals surface area contributed by atoms with Crippen molar-refractivity contribution in [1.82, 2.24) is 10.2 Å². The van der Waals surface area contributed by atoms with Crippen molar-refractivity contribution in [3.63, 3.8) is 0 Å². The number of nitrogens with zero attached hydrogens (tertiary/aromatic N) is 2. The van der Waals surface area contributed by atoms with Gasteiger partial charge in [-0.2, -0.15) is 5.26 Å². The van der Waals surface area contributed by atoms with Gasteiger partial charge >= 0.3 is 0 Å². The van der Waals surface area contributed by atoms with E-state index in [0.29, 0.717) is 6.54 Å². The number of likely N-dealkylation sites (N-methyl/N-ethyl adjacent to an activating group) is 1. The van der Waals surface area contributed by atoms with E-state index in [4.69, 9.17) is 5.26 Å². The molecule has 4 heteroatoms. The van der Waals surface area contributed by atoms with E-state index < -0.39 is 0 Å². The van der Waals surface area contributed by atoms with Gasteiger partial charge in [-0.05, 0) is 19.4 Å². The summed E-state index contributed by atoms with van der Waals surface area (Å²) < 4.78 is 0. The SMILES string of the molecule is CCN(CC)C(=O)CNCC(C#N)c1ccccc1. The first-order chi connectivity index (χ1) is 9.22. The summed E-state index contributed by atoms with van der Waals surface area (Å²) in [6, 6.07) is 11.9. The van der Waals surface area contributed by atoms with E-state index in [0.717, 1.165) is 18.7 Å². The number of carbonyl (C=O) groups is 1. The highest BCUT2D eigenvalue weighted by atomic mass is 16.2. The molecule has 0 radical (unpaired) electrons. The Hall–Kier alpha value is -1.86. The number of carbonyl (C=O) groups excluding carboxylic acids is 1. The average Bonchev–Trinajstić information content (AvgIpc) is 2.46. The summed E-state index contributed by atoms with van der Waals surface area (Å²) in [6.45, 7) is 6.14. The van der Waals surface area contributed by atoms with Crippen molar-refractivity contribution in [2.45, 2.75) is 19.8 Å². The molecule has 4 nitrogen and oxygen atoms in total. The van der Waals surface area contributed by atoms with Crippen LogP contribution in [0.3, 0.4) is 0 Å². The molecule has 0 spiro atoms. The highest BCUT2D eigenvalue weighted by Gasteiger charge is 2.12. The molecule has 19 heavy (non-hydrogen) atoms. The van der Waals surface area contributed by atoms with Gasteiger partial charge in [0.25, 0.3) is 0 Å². The number of hydrogen-bond acceptors (Lipinski definition) is 3. The van der Waals surface area contributed by atoms with E-state index in [9.17, 15) is 4.79 Å². The molecule has 0 aromatic heterocycles. The molecule has 0 saturated heterocycles. The standard InChI is InChI=1S/C15H21N3O/c1-3-18(4-2)15(19)12-17-11-14(10-16)13-8-6-5-7-9-13/h5-9,14,17H,3-4,11-12H2,1-2H3. The minimum atomic E-state index is -0.217. The maximum atomic E-state index is 11.8. The summed E-state index contributed by atoms with van der Waals surface area (Å²) in [5.74, 6) is -0.138. The number of benzene rings is 1. The van der Waals surface area contributed by atoms with Gasteiger partial charge in [0.2, 0.25) is 5.91 Å². The maximum Gasteiger partial charge on any atom is 0.236 e. The molecule has 0 fully saturated rings. The van der Waals surface area contributed by atoms with Gasteiger partial charge in [0.05, 0.1) is 18.5 Å². The topological polar surface area (TPSA) is 56.1 Å². The van der Waals surface area contributed by atoms with Crippen molar-refractivity contribution in [2.75, 3.05) is 26.2 Å². The van der Waals surface area contributed by atoms with Gasteiger partial charge in [-0.15, -0.1) is 0 Å². The quantitative estimate of drug-likeness (QED) is 0.811. The summed E-state index contributed by atoms with van der Waals surface area (Å²) in [6.07, 6.45) is 0. The largest absolute Gasteiger partial charge is 0.342 e. The Bertz CT molecular complexity index is 421. The zero-order valence-corrected chi connectivity index (χ0v) is 11.6. The molecule has 1 aromatic rings. The van der Waals surface area contributed by atoms with Crippen LogP contribution >= 0.6 is 0 Å². The Morgan fingerprint density at radius 2 is 1.95 bits per heavy atom. The van der Waals surface area contributed by atoms with E-state index in [1.54, 1.807) is 4.90 Å². The van der Waals surface area contributed by atoms with Gasteiger partial charge in [-0.3, -0.25) is 4.79 Å². The third kappa shape index (κ3) is 4.72. The fourth-order valence-corrected chi connectivity index (χ4v) is 1.93. The van der Waals surface area contributed by atoms with Crippen LogP contribution in [-0.4, -0.2) is 37.0 Å². The highest BCUT2D eigenvalue weighted by molar-refractivity contribution is 5.78. The van der Waals surface area contributed by atoms with Gasteiger partial charge in [0.1, 0.15) is 0 Å². The molecule has 1 amide bonds. The van der Waals surface area contributed by atoms with Gasteiger partial charge in [0.15, 0.2) is 0 Å². The number of nitrogens with one attached hydrogen (secondary N) is 1. The molecular weight excluding hydrogens is 238 g/mol. The molecule has 1 N–H and O–H groups in total. The van der Waals surface area contributed by atoms with Crippen molar-refractivity contribution in [1.29, 1.82) is 5.26 Å². The Morgan fingerprint density at radius 3 is 2.47 bits per heavy atom. The van der Waals surface area contributed by atoms with Crippen molar-refractivity contribution in [3.8, 4) is 6.07 Å². The van der Waals surface area contributed by atoms with E-state index in [1.165, 1.54) is 0 Å². The smallest absolute Gasteiger partial charge is 0.236 e. The minimum absolute atomic E-state index is 0.0785. The monoisotopic (exact) mass is 259 g/mol. The lowest BCUT2D eigenvalue weighted by atomic mass is 10.0. The summed E-state index contributed by atoms with van der Waals surface area (Å²) >= 11 is 0. The van der Waals surface area contributed by atoms with Crippen LogP contribution in [0, 0.1) is 11.3 Å². The molecule has 1 atom stereocenters. The molecule has 0 aliphatic carbocycles. The van der Waals surface area contributed by atoms with Gasteiger partial charge in [-0.1, -0.05) is 30.3 Å². The molecule has 0 bridgehead atoms. The number of amides is 1. The Balaban J connectivity index is 2.44. The molecule has 0 aliphatic heterocycles. The van der Waals surface area contributed by atoms with Gasteiger partial charge < -0.3 is 10.2 Å². The molecule has 0 saturated carbocycles. The number of rotatable bonds is 7. The second-order valence-electron chi connectivity index (χ2n) is 4.29. The summed E-state index contributed by atoms with van der Waals surface area (Å²) in [7, 11) is 0. The second-order valence-corrected chi connectivity index (χ2v) is 4.29. The average molecular weight is 259 g/mol. The summed E-state index contributed by atoms with van der Waals surface area (Å²) in [5, 5.41) is 12.2. The zero-order valence-electron chi connectivity index (χ0n) is 11.6. The molecule has 1 unspecified atom stereocenters. The first-order valence-electron chi connectivity index (χ1n) is 6.65. The van der Waals surface area contributed by atoms with Crippen molar-refractivity contribution in [2.24, 2.45) is 0 Å². The Kier molecular flexibility index (Phi) is 6.62. The third-order valence-electron chi connectivity index (χ3n) is 3.10. The highest BCUT2D eigenvalue weighted by Crippen LogP contribution is 2.12. The maximum absolute atomic E-state index is 11.8. The van der Waals surface area contributed by atoms with Crippen molar-refractivity contribution < 1.29 is 4.79 Å². The minimum Gasteiger partial charge on any atom is -0.342 e. The van der Waals surface area contributed by atoms with Crippen LogP contribution in [-0.2, 0) is 4.79 Å². The molecular formula is C15H21N3O. The van der Waals surface area contributed by atoms with Crippen LogP contribution in [0.2, 0.25) is 0 Å². The van der Waals surface area contributed by atoms with Crippen LogP contribution in [0.15, 0.2) is 30.3 Å². The molecule has 102 valence electrons. The van der Waals surface area contributed by atoms with Crippen molar-refractivity contribution in [3.05, 3.63) is 35.9 Å². The molecule has 1 aromatic carbocycles. The summed E-state index contributed by atoms with van der Waals surface area (Å²) in [5.41, 5.74) is 0.979. The fraction of sp³-hybridized carbons (Fsp3) is 0.467. The number of hydrogen-bond donors (Lipinski definition) is 1.